The average molecular weight is 189 g/mol. The minimum Gasteiger partial charge on any atom is -0.492 e. The molecule has 72 valence electrons. The number of hydrogen-bond donors (Lipinski definition) is 1. The normalized spacial score (nSPS) is 10.3. The van der Waals surface area contributed by atoms with E-state index in [1.165, 1.54) is 0 Å². The molecule has 0 radical (unpaired) electrons. The number of hydrogen-bond acceptors (Lipinski definition) is 2. The first-order valence-corrected chi connectivity index (χ1v) is 4.54. The van der Waals surface area contributed by atoms with Crippen LogP contribution >= 0.6 is 0 Å². The van der Waals surface area contributed by atoms with Gasteiger partial charge in [-0.05, 0) is 18.2 Å². The number of benzene rings is 1. The number of aldehydes is 1. The molecule has 0 saturated heterocycles. The summed E-state index contributed by atoms with van der Waals surface area (Å²) in [6.07, 6.45) is 3.16. The Morgan fingerprint density at radius 2 is 2.29 bits per heavy atom. The zero-order valence-electron chi connectivity index (χ0n) is 7.69. The number of carbonyl (C=O) groups excluding carboxylic acids is 1. The van der Waals surface area contributed by atoms with Crippen LogP contribution in [-0.2, 0) is 4.79 Å². The smallest absolute Gasteiger partial charge is 0.128 e. The van der Waals surface area contributed by atoms with Crippen LogP contribution in [0.5, 0.6) is 5.75 Å². The highest BCUT2D eigenvalue weighted by Crippen LogP contribution is 2.24. The van der Waals surface area contributed by atoms with Crippen molar-refractivity contribution in [3.63, 3.8) is 0 Å². The lowest BCUT2D eigenvalue weighted by molar-refractivity contribution is -0.108. The molecule has 0 aliphatic rings. The molecule has 1 heterocycles. The van der Waals surface area contributed by atoms with Crippen molar-refractivity contribution in [2.45, 2.75) is 6.42 Å². The number of rotatable bonds is 4. The number of carbonyl (C=O) groups is 1. The molecular formula is C11H11NO2. The van der Waals surface area contributed by atoms with Crippen LogP contribution < -0.4 is 4.74 Å². The topological polar surface area (TPSA) is 42.1 Å². The fraction of sp³-hybridized carbons (Fsp3) is 0.182. The molecule has 0 atom stereocenters. The van der Waals surface area contributed by atoms with E-state index in [1.807, 2.05) is 30.5 Å². The Balaban J connectivity index is 2.23. The second kappa shape index (κ2) is 3.96. The van der Waals surface area contributed by atoms with Crippen LogP contribution in [0.1, 0.15) is 6.42 Å². The highest BCUT2D eigenvalue weighted by atomic mass is 16.5. The van der Waals surface area contributed by atoms with Gasteiger partial charge in [0.05, 0.1) is 6.61 Å². The van der Waals surface area contributed by atoms with E-state index < -0.39 is 0 Å². The summed E-state index contributed by atoms with van der Waals surface area (Å²) in [4.78, 5) is 13.2. The molecule has 2 rings (SSSR count). The number of H-pyrrole nitrogens is 1. The third-order valence-corrected chi connectivity index (χ3v) is 2.05. The summed E-state index contributed by atoms with van der Waals surface area (Å²) in [6.45, 7) is 0.438. The predicted octanol–water partition coefficient (Wildman–Crippen LogP) is 2.14. The Kier molecular flexibility index (Phi) is 2.49. The molecule has 0 fully saturated rings. The van der Waals surface area contributed by atoms with Gasteiger partial charge in [0.1, 0.15) is 12.0 Å². The molecule has 0 unspecified atom stereocenters. The van der Waals surface area contributed by atoms with Crippen LogP contribution in [0.25, 0.3) is 10.9 Å². The predicted molar refractivity (Wildman–Crippen MR) is 54.5 cm³/mol. The molecule has 2 aromatic rings. The molecule has 1 N–H and O–H groups in total. The molecule has 0 amide bonds. The Morgan fingerprint density at radius 3 is 3.14 bits per heavy atom. The lowest BCUT2D eigenvalue weighted by atomic mass is 10.2. The lowest BCUT2D eigenvalue weighted by Crippen LogP contribution is -1.97. The maximum Gasteiger partial charge on any atom is 0.128 e. The SMILES string of the molecule is O=CCCOc1cccc2[nH]ccc12. The zero-order valence-corrected chi connectivity index (χ0v) is 7.69. The van der Waals surface area contributed by atoms with E-state index in [4.69, 9.17) is 4.74 Å². The summed E-state index contributed by atoms with van der Waals surface area (Å²) < 4.78 is 5.47. The molecule has 3 nitrogen and oxygen atoms in total. The van der Waals surface area contributed by atoms with Gasteiger partial charge in [-0.2, -0.15) is 0 Å². The second-order valence-corrected chi connectivity index (χ2v) is 3.00. The van der Waals surface area contributed by atoms with E-state index in [-0.39, 0.29) is 0 Å². The van der Waals surface area contributed by atoms with Gasteiger partial charge in [0.15, 0.2) is 0 Å². The van der Waals surface area contributed by atoms with Crippen molar-refractivity contribution in [2.24, 2.45) is 0 Å². The molecule has 3 heteroatoms. The third-order valence-electron chi connectivity index (χ3n) is 2.05. The summed E-state index contributed by atoms with van der Waals surface area (Å²) >= 11 is 0. The Morgan fingerprint density at radius 1 is 1.36 bits per heavy atom. The van der Waals surface area contributed by atoms with E-state index in [9.17, 15) is 4.79 Å². The van der Waals surface area contributed by atoms with Gasteiger partial charge < -0.3 is 14.5 Å². The van der Waals surface area contributed by atoms with Gasteiger partial charge in [-0.1, -0.05) is 6.07 Å². The quantitative estimate of drug-likeness (QED) is 0.591. The van der Waals surface area contributed by atoms with Crippen molar-refractivity contribution in [2.75, 3.05) is 6.61 Å². The maximum atomic E-state index is 10.1. The third kappa shape index (κ3) is 1.62. The van der Waals surface area contributed by atoms with Crippen LogP contribution in [0.3, 0.4) is 0 Å². The summed E-state index contributed by atoms with van der Waals surface area (Å²) in [5.41, 5.74) is 1.05. The van der Waals surface area contributed by atoms with Crippen molar-refractivity contribution < 1.29 is 9.53 Å². The fourth-order valence-electron chi connectivity index (χ4n) is 1.40. The minimum atomic E-state index is 0.431. The van der Waals surface area contributed by atoms with Gasteiger partial charge >= 0.3 is 0 Å². The summed E-state index contributed by atoms with van der Waals surface area (Å²) in [5.74, 6) is 0.825. The average Bonchev–Trinajstić information content (AvgIpc) is 2.67. The standard InChI is InChI=1S/C11H11NO2/c13-7-2-8-14-11-4-1-3-10-9(11)5-6-12-10/h1,3-7,12H,2,8H2. The van der Waals surface area contributed by atoms with Crippen LogP contribution in [0.2, 0.25) is 0 Å². The minimum absolute atomic E-state index is 0.431. The summed E-state index contributed by atoms with van der Waals surface area (Å²) in [7, 11) is 0. The first-order chi connectivity index (χ1) is 6.92. The number of nitrogens with one attached hydrogen (secondary N) is 1. The van der Waals surface area contributed by atoms with Crippen molar-refractivity contribution in [1.29, 1.82) is 0 Å². The highest BCUT2D eigenvalue weighted by Gasteiger charge is 2.01. The molecular weight excluding hydrogens is 178 g/mol. The van der Waals surface area contributed by atoms with Crippen molar-refractivity contribution in [3.8, 4) is 5.75 Å². The fourth-order valence-corrected chi connectivity index (χ4v) is 1.40. The van der Waals surface area contributed by atoms with E-state index in [2.05, 4.69) is 4.98 Å². The van der Waals surface area contributed by atoms with Gasteiger partial charge in [0, 0.05) is 23.5 Å². The Bertz CT molecular complexity index is 434. The van der Waals surface area contributed by atoms with Crippen LogP contribution in [-0.4, -0.2) is 17.9 Å². The highest BCUT2D eigenvalue weighted by molar-refractivity contribution is 5.85. The Hall–Kier alpha value is -1.77. The number of aromatic nitrogens is 1. The van der Waals surface area contributed by atoms with E-state index >= 15 is 0 Å². The largest absolute Gasteiger partial charge is 0.492 e. The number of aromatic amines is 1. The molecule has 14 heavy (non-hydrogen) atoms. The summed E-state index contributed by atoms with van der Waals surface area (Å²) in [5, 5.41) is 1.05. The monoisotopic (exact) mass is 189 g/mol. The molecule has 0 spiro atoms. The van der Waals surface area contributed by atoms with Crippen LogP contribution in [0.4, 0.5) is 0 Å². The van der Waals surface area contributed by atoms with Crippen molar-refractivity contribution in [3.05, 3.63) is 30.5 Å². The van der Waals surface area contributed by atoms with E-state index in [0.717, 1.165) is 22.9 Å². The van der Waals surface area contributed by atoms with E-state index in [0.29, 0.717) is 13.0 Å². The summed E-state index contributed by atoms with van der Waals surface area (Å²) in [6, 6.07) is 7.78. The second-order valence-electron chi connectivity index (χ2n) is 3.00. The maximum absolute atomic E-state index is 10.1. The molecule has 1 aromatic carbocycles. The van der Waals surface area contributed by atoms with Gasteiger partial charge in [0.2, 0.25) is 0 Å². The van der Waals surface area contributed by atoms with Gasteiger partial charge in [-0.15, -0.1) is 0 Å². The van der Waals surface area contributed by atoms with Crippen molar-refractivity contribution in [1.82, 2.24) is 4.98 Å². The van der Waals surface area contributed by atoms with Crippen LogP contribution in [0, 0.1) is 0 Å². The van der Waals surface area contributed by atoms with Gasteiger partial charge in [-0.25, -0.2) is 0 Å². The lowest BCUT2D eigenvalue weighted by Gasteiger charge is -2.04. The van der Waals surface area contributed by atoms with E-state index in [1.54, 1.807) is 0 Å². The number of fused-ring (bicyclic) bond motifs is 1. The first kappa shape index (κ1) is 8.81. The Labute approximate surface area is 81.7 Å². The molecule has 0 bridgehead atoms. The molecule has 0 saturated carbocycles. The van der Waals surface area contributed by atoms with Gasteiger partial charge in [-0.3, -0.25) is 0 Å². The number of ether oxygens (including phenoxy) is 1. The molecule has 0 aliphatic carbocycles. The van der Waals surface area contributed by atoms with Crippen LogP contribution in [0.15, 0.2) is 30.5 Å². The van der Waals surface area contributed by atoms with Crippen molar-refractivity contribution >= 4 is 17.2 Å². The first-order valence-electron chi connectivity index (χ1n) is 4.54. The van der Waals surface area contributed by atoms with Gasteiger partial charge in [0.25, 0.3) is 0 Å². The molecule has 1 aromatic heterocycles. The zero-order chi connectivity index (χ0) is 9.80. The molecule has 0 aliphatic heterocycles.